The molecule has 59 heavy (non-hydrogen) atoms. The van der Waals surface area contributed by atoms with E-state index in [0.29, 0.717) is 12.8 Å². The van der Waals surface area contributed by atoms with Gasteiger partial charge in [-0.15, -0.1) is 0 Å². The van der Waals surface area contributed by atoms with Crippen LogP contribution in [0.5, 0.6) is 0 Å². The highest BCUT2D eigenvalue weighted by Gasteiger charge is 2.44. The molecular formula is C49H80O10. The fourth-order valence-electron chi connectivity index (χ4n) is 6.12. The molecule has 0 spiro atoms. The molecule has 1 aliphatic rings. The Morgan fingerprint density at radius 2 is 0.949 bits per heavy atom. The first-order chi connectivity index (χ1) is 28.8. The molecule has 1 aliphatic heterocycles. The molecular weight excluding hydrogens is 749 g/mol. The van der Waals surface area contributed by atoms with E-state index in [1.54, 1.807) is 0 Å². The van der Waals surface area contributed by atoms with Gasteiger partial charge in [0.15, 0.2) is 12.4 Å². The summed E-state index contributed by atoms with van der Waals surface area (Å²) in [6.45, 7) is 3.27. The van der Waals surface area contributed by atoms with Crippen LogP contribution >= 0.6 is 0 Å². The Morgan fingerprint density at radius 1 is 0.525 bits per heavy atom. The average molecular weight is 829 g/mol. The van der Waals surface area contributed by atoms with Crippen LogP contribution in [0.2, 0.25) is 0 Å². The third-order valence-corrected chi connectivity index (χ3v) is 9.75. The fraction of sp³-hybridized carbons (Fsp3) is 0.673. The highest BCUT2D eigenvalue weighted by atomic mass is 16.7. The molecule has 4 N–H and O–H groups in total. The number of unbranched alkanes of at least 4 members (excludes halogenated alkanes) is 11. The smallest absolute Gasteiger partial charge is 0.306 e. The summed E-state index contributed by atoms with van der Waals surface area (Å²) in [5.41, 5.74) is 0. The number of carbonyl (C=O) groups excluding carboxylic acids is 2. The van der Waals surface area contributed by atoms with Gasteiger partial charge >= 0.3 is 11.9 Å². The minimum atomic E-state index is -1.61. The number of rotatable bonds is 36. The topological polar surface area (TPSA) is 152 Å². The van der Waals surface area contributed by atoms with Crippen molar-refractivity contribution in [3.05, 3.63) is 85.1 Å². The number of allylic oxidation sites excluding steroid dienone is 14. The van der Waals surface area contributed by atoms with Crippen LogP contribution in [0.3, 0.4) is 0 Å². The van der Waals surface area contributed by atoms with Crippen LogP contribution in [0.4, 0.5) is 0 Å². The van der Waals surface area contributed by atoms with E-state index in [9.17, 15) is 30.0 Å². The molecule has 1 saturated heterocycles. The lowest BCUT2D eigenvalue weighted by Crippen LogP contribution is -2.59. The lowest BCUT2D eigenvalue weighted by molar-refractivity contribution is -0.305. The summed E-state index contributed by atoms with van der Waals surface area (Å²) < 4.78 is 22.1. The summed E-state index contributed by atoms with van der Waals surface area (Å²) in [5.74, 6) is -0.896. The van der Waals surface area contributed by atoms with E-state index < -0.39 is 55.4 Å². The third-order valence-electron chi connectivity index (χ3n) is 9.75. The largest absolute Gasteiger partial charge is 0.462 e. The normalized spacial score (nSPS) is 20.8. The molecule has 2 unspecified atom stereocenters. The first kappa shape index (κ1) is 53.9. The zero-order valence-corrected chi connectivity index (χ0v) is 36.5. The van der Waals surface area contributed by atoms with Crippen molar-refractivity contribution in [3.63, 3.8) is 0 Å². The lowest BCUT2D eigenvalue weighted by atomic mass is 9.99. The SMILES string of the molecule is CCCCC/C=C/C/C=C/C/C=C/C/C=C/CCCCCC(=O)O[C@H](COC(=O)CCCC/C=C/C/C=C/C/C=C/CCCCC)CO[C@@H]1O[C@H](CO)[C@H](O)C(O)C1O. The lowest BCUT2D eigenvalue weighted by Gasteiger charge is -2.39. The molecule has 0 aliphatic carbocycles. The predicted molar refractivity (Wildman–Crippen MR) is 237 cm³/mol. The van der Waals surface area contributed by atoms with Crippen molar-refractivity contribution in [2.24, 2.45) is 0 Å². The maximum absolute atomic E-state index is 12.8. The van der Waals surface area contributed by atoms with Crippen molar-refractivity contribution in [1.82, 2.24) is 0 Å². The van der Waals surface area contributed by atoms with Gasteiger partial charge in [0, 0.05) is 12.8 Å². The van der Waals surface area contributed by atoms with Crippen LogP contribution in [0.1, 0.15) is 155 Å². The van der Waals surface area contributed by atoms with Crippen molar-refractivity contribution in [3.8, 4) is 0 Å². The Morgan fingerprint density at radius 3 is 1.42 bits per heavy atom. The van der Waals surface area contributed by atoms with E-state index in [1.807, 2.05) is 0 Å². The van der Waals surface area contributed by atoms with Gasteiger partial charge in [-0.2, -0.15) is 0 Å². The molecule has 10 heteroatoms. The predicted octanol–water partition coefficient (Wildman–Crippen LogP) is 9.77. The van der Waals surface area contributed by atoms with Crippen molar-refractivity contribution in [2.45, 2.75) is 192 Å². The first-order valence-corrected chi connectivity index (χ1v) is 22.7. The average Bonchev–Trinajstić information content (AvgIpc) is 3.23. The number of aliphatic hydroxyl groups excluding tert-OH is 4. The van der Waals surface area contributed by atoms with Gasteiger partial charge in [-0.1, -0.05) is 131 Å². The Hall–Kier alpha value is -3.12. The van der Waals surface area contributed by atoms with Crippen LogP contribution in [0.25, 0.3) is 0 Å². The van der Waals surface area contributed by atoms with Crippen LogP contribution in [0, 0.1) is 0 Å². The quantitative estimate of drug-likeness (QED) is 0.0273. The van der Waals surface area contributed by atoms with Crippen LogP contribution < -0.4 is 0 Å². The minimum absolute atomic E-state index is 0.179. The molecule has 336 valence electrons. The molecule has 1 rings (SSSR count). The summed E-state index contributed by atoms with van der Waals surface area (Å²) in [7, 11) is 0. The molecule has 0 aromatic carbocycles. The molecule has 0 bridgehead atoms. The van der Waals surface area contributed by atoms with E-state index in [2.05, 4.69) is 98.9 Å². The monoisotopic (exact) mass is 829 g/mol. The highest BCUT2D eigenvalue weighted by Crippen LogP contribution is 2.22. The Balaban J connectivity index is 2.40. The summed E-state index contributed by atoms with van der Waals surface area (Å²) in [6, 6.07) is 0. The molecule has 1 fully saturated rings. The van der Waals surface area contributed by atoms with E-state index in [4.69, 9.17) is 18.9 Å². The summed E-state index contributed by atoms with van der Waals surface area (Å²) >= 11 is 0. The number of hydrogen-bond donors (Lipinski definition) is 4. The fourth-order valence-corrected chi connectivity index (χ4v) is 6.12. The van der Waals surface area contributed by atoms with Crippen molar-refractivity contribution < 1.29 is 49.0 Å². The van der Waals surface area contributed by atoms with E-state index in [1.165, 1.54) is 44.9 Å². The van der Waals surface area contributed by atoms with Crippen LogP contribution in [-0.2, 0) is 28.5 Å². The van der Waals surface area contributed by atoms with Crippen molar-refractivity contribution >= 4 is 11.9 Å². The molecule has 0 radical (unpaired) electrons. The summed E-state index contributed by atoms with van der Waals surface area (Å²) in [5, 5.41) is 40.1. The highest BCUT2D eigenvalue weighted by molar-refractivity contribution is 5.70. The van der Waals surface area contributed by atoms with Crippen LogP contribution in [-0.4, -0.2) is 89.0 Å². The van der Waals surface area contributed by atoms with Gasteiger partial charge in [0.25, 0.3) is 0 Å². The van der Waals surface area contributed by atoms with Gasteiger partial charge in [0.05, 0.1) is 13.2 Å². The Bertz CT molecular complexity index is 1230. The Kier molecular flexibility index (Phi) is 35.7. The Labute approximate surface area is 356 Å². The van der Waals surface area contributed by atoms with Gasteiger partial charge in [-0.05, 0) is 96.3 Å². The number of carbonyl (C=O) groups is 2. The second kappa shape index (κ2) is 39.0. The first-order valence-electron chi connectivity index (χ1n) is 22.7. The number of esters is 2. The summed E-state index contributed by atoms with van der Waals surface area (Å²) in [6.07, 6.45) is 43.0. The van der Waals surface area contributed by atoms with Crippen molar-refractivity contribution in [2.75, 3.05) is 19.8 Å². The second-order valence-corrected chi connectivity index (χ2v) is 15.1. The molecule has 0 aromatic rings. The number of aliphatic hydroxyl groups is 4. The van der Waals surface area contributed by atoms with E-state index >= 15 is 0 Å². The van der Waals surface area contributed by atoms with E-state index in [0.717, 1.165) is 70.6 Å². The standard InChI is InChI=1S/C49H80O10/c1-3-5-7-9-11-13-15-17-19-20-21-22-24-26-28-30-32-34-36-38-45(52)58-42(41-57-49-48(55)47(54)46(53)43(39-50)59-49)40-56-44(51)37-35-33-31-29-27-25-23-18-16-14-12-10-8-6-4-2/h11-14,17-19,21-23,26-29,42-43,46-50,53-55H,3-10,15-16,20,24-25,30-41H2,1-2H3/b13-11+,14-12+,19-17+,22-21+,23-18+,28-26+,29-27+/t42-,43-,46+,47?,48?,49-/m1/s1. The third kappa shape index (κ3) is 30.5. The van der Waals surface area contributed by atoms with Gasteiger partial charge < -0.3 is 39.4 Å². The maximum atomic E-state index is 12.8. The molecule has 0 saturated carbocycles. The van der Waals surface area contributed by atoms with E-state index in [-0.39, 0.29) is 26.1 Å². The number of hydrogen-bond acceptors (Lipinski definition) is 10. The second-order valence-electron chi connectivity index (χ2n) is 15.1. The molecule has 1 heterocycles. The molecule has 6 atom stereocenters. The zero-order chi connectivity index (χ0) is 43.0. The van der Waals surface area contributed by atoms with Gasteiger partial charge in [0.1, 0.15) is 31.0 Å². The molecule has 0 amide bonds. The van der Waals surface area contributed by atoms with Crippen LogP contribution in [0.15, 0.2) is 85.1 Å². The zero-order valence-electron chi connectivity index (χ0n) is 36.5. The molecule has 10 nitrogen and oxygen atoms in total. The molecule has 0 aromatic heterocycles. The maximum Gasteiger partial charge on any atom is 0.306 e. The number of ether oxygens (including phenoxy) is 4. The van der Waals surface area contributed by atoms with Gasteiger partial charge in [0.2, 0.25) is 0 Å². The van der Waals surface area contributed by atoms with Gasteiger partial charge in [-0.25, -0.2) is 0 Å². The summed E-state index contributed by atoms with van der Waals surface area (Å²) in [4.78, 5) is 25.3. The van der Waals surface area contributed by atoms with Gasteiger partial charge in [-0.3, -0.25) is 9.59 Å². The van der Waals surface area contributed by atoms with Crippen molar-refractivity contribution in [1.29, 1.82) is 0 Å². The minimum Gasteiger partial charge on any atom is -0.462 e.